The van der Waals surface area contributed by atoms with Crippen LogP contribution in [0.15, 0.2) is 6.20 Å². The Hall–Kier alpha value is -1.64. The van der Waals surface area contributed by atoms with E-state index >= 15 is 0 Å². The van der Waals surface area contributed by atoms with E-state index in [0.717, 1.165) is 6.20 Å². The third kappa shape index (κ3) is 5.13. The zero-order chi connectivity index (χ0) is 13.6. The molecule has 0 aliphatic carbocycles. The quantitative estimate of drug-likeness (QED) is 0.318. The molecule has 0 atom stereocenters. The van der Waals surface area contributed by atoms with Crippen LogP contribution in [-0.4, -0.2) is 22.7 Å². The summed E-state index contributed by atoms with van der Waals surface area (Å²) in [5.41, 5.74) is 2.14. The summed E-state index contributed by atoms with van der Waals surface area (Å²) >= 11 is 0. The fourth-order valence-corrected chi connectivity index (χ4v) is 1.22. The molecule has 18 heavy (non-hydrogen) atoms. The number of hydrazine groups is 1. The largest absolute Gasteiger partial charge is 0.389 e. The van der Waals surface area contributed by atoms with Crippen molar-refractivity contribution in [2.24, 2.45) is 5.84 Å². The Labute approximate surface area is 101 Å². The number of nitrogens with zero attached hydrogens (tertiary/aromatic N) is 2. The average molecular weight is 267 g/mol. The molecule has 0 aliphatic heterocycles. The van der Waals surface area contributed by atoms with Gasteiger partial charge in [0.15, 0.2) is 11.6 Å². The molecule has 0 radical (unpaired) electrons. The molecule has 9 heteroatoms. The molecule has 0 saturated carbocycles. The number of anilines is 2. The Balaban J connectivity index is 2.35. The monoisotopic (exact) mass is 267 g/mol. The van der Waals surface area contributed by atoms with E-state index in [1.54, 1.807) is 0 Å². The van der Waals surface area contributed by atoms with E-state index in [2.05, 4.69) is 20.7 Å². The topological polar surface area (TPSA) is 75.9 Å². The van der Waals surface area contributed by atoms with E-state index < -0.39 is 18.4 Å². The number of nitrogens with two attached hydrogens (primary N) is 1. The molecule has 1 rings (SSSR count). The number of hydrogen-bond acceptors (Lipinski definition) is 5. The number of rotatable bonds is 6. The predicted molar refractivity (Wildman–Crippen MR) is 58.2 cm³/mol. The highest BCUT2D eigenvalue weighted by Crippen LogP contribution is 2.22. The van der Waals surface area contributed by atoms with Gasteiger partial charge in [-0.1, -0.05) is 0 Å². The van der Waals surface area contributed by atoms with E-state index in [1.807, 2.05) is 0 Å². The van der Waals surface area contributed by atoms with Gasteiger partial charge in [0.2, 0.25) is 5.95 Å². The van der Waals surface area contributed by atoms with Crippen molar-refractivity contribution in [3.63, 3.8) is 0 Å². The first kappa shape index (κ1) is 14.4. The van der Waals surface area contributed by atoms with Crippen LogP contribution in [0, 0.1) is 5.82 Å². The van der Waals surface area contributed by atoms with E-state index in [-0.39, 0.29) is 31.2 Å². The van der Waals surface area contributed by atoms with E-state index in [1.165, 1.54) is 0 Å². The number of nitrogen functional groups attached to an aromatic ring is 1. The van der Waals surface area contributed by atoms with Gasteiger partial charge in [-0.05, 0) is 12.8 Å². The first-order valence-corrected chi connectivity index (χ1v) is 5.22. The molecule has 0 fully saturated rings. The van der Waals surface area contributed by atoms with Gasteiger partial charge in [0.25, 0.3) is 0 Å². The molecule has 4 N–H and O–H groups in total. The summed E-state index contributed by atoms with van der Waals surface area (Å²) in [5.74, 6) is 4.28. The van der Waals surface area contributed by atoms with E-state index in [4.69, 9.17) is 5.84 Å². The predicted octanol–water partition coefficient (Wildman–Crippen LogP) is 2.05. The molecule has 0 amide bonds. The van der Waals surface area contributed by atoms with Crippen LogP contribution in [0.5, 0.6) is 0 Å². The van der Waals surface area contributed by atoms with Gasteiger partial charge in [-0.2, -0.15) is 18.2 Å². The average Bonchev–Trinajstić information content (AvgIpc) is 2.29. The van der Waals surface area contributed by atoms with Crippen molar-refractivity contribution in [2.45, 2.75) is 25.4 Å². The molecule has 0 spiro atoms. The van der Waals surface area contributed by atoms with Gasteiger partial charge in [-0.3, -0.25) is 5.43 Å². The van der Waals surface area contributed by atoms with Crippen molar-refractivity contribution in [2.75, 3.05) is 17.3 Å². The zero-order valence-electron chi connectivity index (χ0n) is 9.39. The summed E-state index contributed by atoms with van der Waals surface area (Å²) in [5, 5.41) is 2.58. The van der Waals surface area contributed by atoms with Crippen LogP contribution in [0.1, 0.15) is 19.3 Å². The number of unbranched alkanes of at least 4 members (excludes halogenated alkanes) is 1. The third-order valence-corrected chi connectivity index (χ3v) is 2.05. The lowest BCUT2D eigenvalue weighted by molar-refractivity contribution is -0.135. The van der Waals surface area contributed by atoms with Gasteiger partial charge < -0.3 is 5.32 Å². The molecule has 102 valence electrons. The number of alkyl halides is 3. The highest BCUT2D eigenvalue weighted by molar-refractivity contribution is 5.40. The van der Waals surface area contributed by atoms with Crippen molar-refractivity contribution in [1.82, 2.24) is 9.97 Å². The lowest BCUT2D eigenvalue weighted by atomic mass is 10.2. The van der Waals surface area contributed by atoms with Crippen LogP contribution in [0.2, 0.25) is 0 Å². The number of hydrogen-bond donors (Lipinski definition) is 3. The van der Waals surface area contributed by atoms with E-state index in [0.29, 0.717) is 0 Å². The van der Waals surface area contributed by atoms with Crippen molar-refractivity contribution in [1.29, 1.82) is 0 Å². The standard InChI is InChI=1S/C9H13F4N5/c10-6-5-16-8(18-14)17-7(6)15-4-2-1-3-9(11,12)13/h5H,1-4,14H2,(H2,15,16,17,18). The Bertz CT molecular complexity index is 382. The number of nitrogens with one attached hydrogen (secondary N) is 2. The molecular formula is C9H13F4N5. The Kier molecular flexibility index (Phi) is 5.08. The van der Waals surface area contributed by atoms with Gasteiger partial charge >= 0.3 is 6.18 Å². The SMILES string of the molecule is NNc1ncc(F)c(NCCCCC(F)(F)F)n1. The molecule has 1 aromatic rings. The summed E-state index contributed by atoms with van der Waals surface area (Å²) in [6.45, 7) is 0.189. The van der Waals surface area contributed by atoms with Gasteiger partial charge in [0, 0.05) is 13.0 Å². The van der Waals surface area contributed by atoms with E-state index in [9.17, 15) is 17.6 Å². The van der Waals surface area contributed by atoms with Crippen LogP contribution in [0.25, 0.3) is 0 Å². The maximum atomic E-state index is 13.2. The van der Waals surface area contributed by atoms with Gasteiger partial charge in [0.1, 0.15) is 0 Å². The molecule has 0 saturated heterocycles. The van der Waals surface area contributed by atoms with Crippen molar-refractivity contribution >= 4 is 11.8 Å². The normalized spacial score (nSPS) is 11.4. The molecule has 0 bridgehead atoms. The zero-order valence-corrected chi connectivity index (χ0v) is 9.39. The summed E-state index contributed by atoms with van der Waals surface area (Å²) < 4.78 is 48.7. The second kappa shape index (κ2) is 6.34. The molecule has 0 unspecified atom stereocenters. The fourth-order valence-electron chi connectivity index (χ4n) is 1.22. The maximum Gasteiger partial charge on any atom is 0.389 e. The maximum absolute atomic E-state index is 13.2. The Morgan fingerprint density at radius 1 is 1.28 bits per heavy atom. The summed E-state index contributed by atoms with van der Waals surface area (Å²) in [6.07, 6.45) is -3.85. The van der Waals surface area contributed by atoms with Crippen LogP contribution in [0.4, 0.5) is 29.3 Å². The second-order valence-corrected chi connectivity index (χ2v) is 3.53. The van der Waals surface area contributed by atoms with Gasteiger partial charge in [-0.25, -0.2) is 15.2 Å². The molecular weight excluding hydrogens is 254 g/mol. The minimum atomic E-state index is -4.16. The molecule has 0 aromatic carbocycles. The smallest absolute Gasteiger partial charge is 0.367 e. The molecule has 0 aliphatic rings. The second-order valence-electron chi connectivity index (χ2n) is 3.53. The van der Waals surface area contributed by atoms with Crippen LogP contribution < -0.4 is 16.6 Å². The summed E-state index contributed by atoms with van der Waals surface area (Å²) in [4.78, 5) is 7.20. The minimum absolute atomic E-state index is 0.0224. The van der Waals surface area contributed by atoms with Crippen molar-refractivity contribution in [3.8, 4) is 0 Å². The Morgan fingerprint density at radius 2 is 2.00 bits per heavy atom. The van der Waals surface area contributed by atoms with Crippen LogP contribution in [0.3, 0.4) is 0 Å². The first-order chi connectivity index (χ1) is 8.42. The summed E-state index contributed by atoms with van der Waals surface area (Å²) in [7, 11) is 0. The first-order valence-electron chi connectivity index (χ1n) is 5.22. The number of halogens is 4. The number of aromatic nitrogens is 2. The van der Waals surface area contributed by atoms with Gasteiger partial charge in [-0.15, -0.1) is 0 Å². The van der Waals surface area contributed by atoms with Crippen molar-refractivity contribution in [3.05, 3.63) is 12.0 Å². The molecule has 1 heterocycles. The van der Waals surface area contributed by atoms with Crippen molar-refractivity contribution < 1.29 is 17.6 Å². The van der Waals surface area contributed by atoms with Crippen LogP contribution in [-0.2, 0) is 0 Å². The highest BCUT2D eigenvalue weighted by atomic mass is 19.4. The van der Waals surface area contributed by atoms with Gasteiger partial charge in [0.05, 0.1) is 6.20 Å². The molecule has 1 aromatic heterocycles. The Morgan fingerprint density at radius 3 is 2.61 bits per heavy atom. The fraction of sp³-hybridized carbons (Fsp3) is 0.556. The highest BCUT2D eigenvalue weighted by Gasteiger charge is 2.25. The lowest BCUT2D eigenvalue weighted by Gasteiger charge is -2.08. The lowest BCUT2D eigenvalue weighted by Crippen LogP contribution is -2.14. The summed E-state index contributed by atoms with van der Waals surface area (Å²) in [6, 6.07) is 0. The third-order valence-electron chi connectivity index (χ3n) is 2.05. The van der Waals surface area contributed by atoms with Crippen LogP contribution >= 0.6 is 0 Å². The minimum Gasteiger partial charge on any atom is -0.367 e. The molecule has 5 nitrogen and oxygen atoms in total.